The summed E-state index contributed by atoms with van der Waals surface area (Å²) in [4.78, 5) is 16.8. The van der Waals surface area contributed by atoms with E-state index in [4.69, 9.17) is 16.3 Å². The molecule has 1 saturated heterocycles. The third-order valence-electron chi connectivity index (χ3n) is 4.26. The van der Waals surface area contributed by atoms with E-state index in [1.54, 1.807) is 6.20 Å². The fraction of sp³-hybridized carbons (Fsp3) is 0.389. The van der Waals surface area contributed by atoms with Gasteiger partial charge in [-0.05, 0) is 30.5 Å². The molecule has 1 aromatic heterocycles. The molecule has 1 fully saturated rings. The highest BCUT2D eigenvalue weighted by atomic mass is 35.5. The Morgan fingerprint density at radius 1 is 1.13 bits per heavy atom. The smallest absolute Gasteiger partial charge is 0.252 e. The minimum absolute atomic E-state index is 0.00425. The van der Waals surface area contributed by atoms with Crippen molar-refractivity contribution in [3.8, 4) is 0 Å². The highest BCUT2D eigenvalue weighted by molar-refractivity contribution is 6.31. The van der Waals surface area contributed by atoms with Gasteiger partial charge in [-0.2, -0.15) is 0 Å². The number of aromatic nitrogens is 1. The highest BCUT2D eigenvalue weighted by Gasteiger charge is 2.20. The first-order valence-electron chi connectivity index (χ1n) is 7.96. The van der Waals surface area contributed by atoms with Crippen molar-refractivity contribution in [3.05, 3.63) is 69.1 Å². The molecule has 0 unspecified atom stereocenters. The molecule has 0 saturated carbocycles. The molecule has 2 aromatic rings. The van der Waals surface area contributed by atoms with E-state index in [-0.39, 0.29) is 11.7 Å². The van der Waals surface area contributed by atoms with E-state index in [9.17, 15) is 4.79 Å². The number of pyridine rings is 1. The van der Waals surface area contributed by atoms with Crippen LogP contribution in [0.5, 0.6) is 0 Å². The Morgan fingerprint density at radius 3 is 2.61 bits per heavy atom. The molecule has 0 radical (unpaired) electrons. The summed E-state index contributed by atoms with van der Waals surface area (Å²) in [6.45, 7) is 3.15. The summed E-state index contributed by atoms with van der Waals surface area (Å²) in [6.07, 6.45) is 3.89. The van der Waals surface area contributed by atoms with Crippen LogP contribution in [-0.2, 0) is 17.9 Å². The van der Waals surface area contributed by atoms with Crippen molar-refractivity contribution in [2.75, 3.05) is 13.1 Å². The lowest BCUT2D eigenvalue weighted by molar-refractivity contribution is -0.00397. The fourth-order valence-electron chi connectivity index (χ4n) is 2.88. The summed E-state index contributed by atoms with van der Waals surface area (Å²) in [6, 6.07) is 11.6. The molecule has 0 bridgehead atoms. The number of ether oxygens (including phenoxy) is 1. The summed E-state index contributed by atoms with van der Waals surface area (Å²) in [5.41, 5.74) is 1.86. The first-order chi connectivity index (χ1) is 11.2. The van der Waals surface area contributed by atoms with Crippen LogP contribution in [0.1, 0.15) is 24.0 Å². The van der Waals surface area contributed by atoms with Crippen LogP contribution in [0.2, 0.25) is 5.02 Å². The van der Waals surface area contributed by atoms with Gasteiger partial charge in [-0.3, -0.25) is 9.69 Å². The van der Waals surface area contributed by atoms with E-state index >= 15 is 0 Å². The quantitative estimate of drug-likeness (QED) is 0.914. The average molecular weight is 333 g/mol. The molecule has 1 aliphatic rings. The number of piperidine rings is 1. The molecule has 23 heavy (non-hydrogen) atoms. The SMILES string of the molecule is O=c1[nH]cccc1CN1CCC(OCc2ccccc2Cl)CC1. The number of nitrogens with one attached hydrogen (secondary N) is 1. The normalized spacial score (nSPS) is 16.6. The number of halogens is 1. The molecule has 1 N–H and O–H groups in total. The summed E-state index contributed by atoms with van der Waals surface area (Å²) in [5.74, 6) is 0. The van der Waals surface area contributed by atoms with Gasteiger partial charge in [0.2, 0.25) is 0 Å². The molecular formula is C18H21ClN2O2. The van der Waals surface area contributed by atoms with Gasteiger partial charge in [0.15, 0.2) is 0 Å². The summed E-state index contributed by atoms with van der Waals surface area (Å²) in [7, 11) is 0. The van der Waals surface area contributed by atoms with E-state index < -0.39 is 0 Å². The maximum atomic E-state index is 11.7. The van der Waals surface area contributed by atoms with Gasteiger partial charge in [-0.15, -0.1) is 0 Å². The van der Waals surface area contributed by atoms with Gasteiger partial charge < -0.3 is 9.72 Å². The second kappa shape index (κ2) is 7.77. The topological polar surface area (TPSA) is 45.3 Å². The minimum atomic E-state index is 0.00425. The molecule has 1 aromatic carbocycles. The second-order valence-corrected chi connectivity index (χ2v) is 6.31. The van der Waals surface area contributed by atoms with Crippen molar-refractivity contribution in [2.45, 2.75) is 32.1 Å². The van der Waals surface area contributed by atoms with Crippen LogP contribution < -0.4 is 5.56 Å². The zero-order valence-electron chi connectivity index (χ0n) is 13.0. The Labute approximate surface area is 141 Å². The maximum absolute atomic E-state index is 11.7. The predicted molar refractivity (Wildman–Crippen MR) is 91.6 cm³/mol. The van der Waals surface area contributed by atoms with Gasteiger partial charge in [0.1, 0.15) is 0 Å². The number of nitrogens with zero attached hydrogens (tertiary/aromatic N) is 1. The fourth-order valence-corrected chi connectivity index (χ4v) is 3.07. The van der Waals surface area contributed by atoms with Crippen LogP contribution >= 0.6 is 11.6 Å². The van der Waals surface area contributed by atoms with Gasteiger partial charge >= 0.3 is 0 Å². The zero-order chi connectivity index (χ0) is 16.1. The molecule has 0 spiro atoms. The van der Waals surface area contributed by atoms with Crippen LogP contribution in [0, 0.1) is 0 Å². The number of H-pyrrole nitrogens is 1. The summed E-state index contributed by atoms with van der Waals surface area (Å²) >= 11 is 6.15. The van der Waals surface area contributed by atoms with E-state index in [2.05, 4.69) is 9.88 Å². The van der Waals surface area contributed by atoms with E-state index in [1.807, 2.05) is 36.4 Å². The van der Waals surface area contributed by atoms with Crippen molar-refractivity contribution < 1.29 is 4.74 Å². The van der Waals surface area contributed by atoms with Crippen LogP contribution in [0.4, 0.5) is 0 Å². The van der Waals surface area contributed by atoms with E-state index in [0.717, 1.165) is 42.1 Å². The summed E-state index contributed by atoms with van der Waals surface area (Å²) < 4.78 is 5.99. The average Bonchev–Trinajstić information content (AvgIpc) is 2.57. The maximum Gasteiger partial charge on any atom is 0.252 e. The second-order valence-electron chi connectivity index (χ2n) is 5.90. The van der Waals surface area contributed by atoms with Crippen molar-refractivity contribution in [1.82, 2.24) is 9.88 Å². The van der Waals surface area contributed by atoms with Gasteiger partial charge in [-0.1, -0.05) is 35.9 Å². The van der Waals surface area contributed by atoms with Crippen LogP contribution in [0.15, 0.2) is 47.4 Å². The molecule has 5 heteroatoms. The Bertz CT molecular complexity index is 693. The molecule has 0 aliphatic carbocycles. The monoisotopic (exact) mass is 332 g/mol. The highest BCUT2D eigenvalue weighted by Crippen LogP contribution is 2.20. The Balaban J connectivity index is 1.46. The lowest BCUT2D eigenvalue weighted by Gasteiger charge is -2.31. The number of hydrogen-bond acceptors (Lipinski definition) is 3. The molecule has 2 heterocycles. The summed E-state index contributed by atoms with van der Waals surface area (Å²) in [5, 5.41) is 0.758. The third-order valence-corrected chi connectivity index (χ3v) is 4.63. The third kappa shape index (κ3) is 4.44. The van der Waals surface area contributed by atoms with Crippen molar-refractivity contribution >= 4 is 11.6 Å². The van der Waals surface area contributed by atoms with Gasteiger partial charge in [-0.25, -0.2) is 0 Å². The predicted octanol–water partition coefficient (Wildman–Crippen LogP) is 3.21. The number of hydrogen-bond donors (Lipinski definition) is 1. The van der Waals surface area contributed by atoms with Crippen molar-refractivity contribution in [1.29, 1.82) is 0 Å². The number of likely N-dealkylation sites (tertiary alicyclic amines) is 1. The molecule has 1 aliphatic heterocycles. The molecule has 122 valence electrons. The first kappa shape index (κ1) is 16.2. The zero-order valence-corrected chi connectivity index (χ0v) is 13.8. The molecule has 3 rings (SSSR count). The van der Waals surface area contributed by atoms with Crippen molar-refractivity contribution in [2.24, 2.45) is 0 Å². The first-order valence-corrected chi connectivity index (χ1v) is 8.34. The van der Waals surface area contributed by atoms with Crippen molar-refractivity contribution in [3.63, 3.8) is 0 Å². The van der Waals surface area contributed by atoms with Crippen LogP contribution in [0.25, 0.3) is 0 Å². The van der Waals surface area contributed by atoms with Crippen LogP contribution in [-0.4, -0.2) is 29.1 Å². The largest absolute Gasteiger partial charge is 0.373 e. The number of aromatic amines is 1. The van der Waals surface area contributed by atoms with Crippen LogP contribution in [0.3, 0.4) is 0 Å². The minimum Gasteiger partial charge on any atom is -0.373 e. The molecular weight excluding hydrogens is 312 g/mol. The number of rotatable bonds is 5. The van der Waals surface area contributed by atoms with E-state index in [1.165, 1.54) is 0 Å². The number of benzene rings is 1. The lowest BCUT2D eigenvalue weighted by Crippen LogP contribution is -2.37. The van der Waals surface area contributed by atoms with Gasteiger partial charge in [0.25, 0.3) is 5.56 Å². The standard InChI is InChI=1S/C18H21ClN2O2/c19-17-6-2-1-4-15(17)13-23-16-7-10-21(11-8-16)12-14-5-3-9-20-18(14)22/h1-6,9,16H,7-8,10-13H2,(H,20,22). The molecule has 0 amide bonds. The lowest BCUT2D eigenvalue weighted by atomic mass is 10.1. The molecule has 0 atom stereocenters. The van der Waals surface area contributed by atoms with E-state index in [0.29, 0.717) is 13.2 Å². The Kier molecular flexibility index (Phi) is 5.49. The Morgan fingerprint density at radius 2 is 1.87 bits per heavy atom. The van der Waals surface area contributed by atoms with Gasteiger partial charge in [0.05, 0.1) is 12.7 Å². The molecule has 4 nitrogen and oxygen atoms in total. The Hall–Kier alpha value is -1.62. The van der Waals surface area contributed by atoms with Gasteiger partial charge in [0, 0.05) is 36.4 Å².